The predicted octanol–water partition coefficient (Wildman–Crippen LogP) is 2.83. The van der Waals surface area contributed by atoms with Crippen LogP contribution in [0, 0.1) is 15.5 Å². The van der Waals surface area contributed by atoms with E-state index in [4.69, 9.17) is 15.9 Å². The van der Waals surface area contributed by atoms with Gasteiger partial charge in [-0.15, -0.1) is 0 Å². The van der Waals surface area contributed by atoms with Crippen molar-refractivity contribution in [2.75, 3.05) is 0 Å². The van der Waals surface area contributed by atoms with Gasteiger partial charge in [0, 0.05) is 10.5 Å². The molecular formula is C12H9BrN4O3. The molecule has 8 heteroatoms. The van der Waals surface area contributed by atoms with E-state index < -0.39 is 4.92 Å². The van der Waals surface area contributed by atoms with Crippen LogP contribution in [0.1, 0.15) is 5.69 Å². The average Bonchev–Trinajstić information content (AvgIpc) is 2.41. The van der Waals surface area contributed by atoms with E-state index >= 15 is 0 Å². The molecule has 0 saturated carbocycles. The monoisotopic (exact) mass is 336 g/mol. The Morgan fingerprint density at radius 3 is 2.70 bits per heavy atom. The molecule has 102 valence electrons. The minimum absolute atomic E-state index is 0.107. The summed E-state index contributed by atoms with van der Waals surface area (Å²) in [5.74, 6) is 0.266. The highest BCUT2D eigenvalue weighted by Crippen LogP contribution is 2.33. The number of hydrogen-bond acceptors (Lipinski definition) is 5. The SMILES string of the molecule is N=C(N)c1ccc(Oc2ccc(Br)cc2[N+](=O)[O-])cn1. The van der Waals surface area contributed by atoms with E-state index in [0.29, 0.717) is 15.9 Å². The van der Waals surface area contributed by atoms with Crippen molar-refractivity contribution < 1.29 is 9.66 Å². The van der Waals surface area contributed by atoms with Crippen LogP contribution in [0.2, 0.25) is 0 Å². The second-order valence-corrected chi connectivity index (χ2v) is 4.68. The first-order valence-corrected chi connectivity index (χ1v) is 6.19. The van der Waals surface area contributed by atoms with Gasteiger partial charge in [0.2, 0.25) is 5.75 Å². The van der Waals surface area contributed by atoms with Gasteiger partial charge in [-0.3, -0.25) is 15.5 Å². The zero-order chi connectivity index (χ0) is 14.7. The smallest absolute Gasteiger partial charge is 0.312 e. The van der Waals surface area contributed by atoms with Gasteiger partial charge in [0.1, 0.15) is 17.3 Å². The lowest BCUT2D eigenvalue weighted by Gasteiger charge is -2.06. The Morgan fingerprint density at radius 1 is 1.40 bits per heavy atom. The van der Waals surface area contributed by atoms with Crippen LogP contribution < -0.4 is 10.5 Å². The van der Waals surface area contributed by atoms with Crippen LogP contribution in [0.5, 0.6) is 11.5 Å². The van der Waals surface area contributed by atoms with Gasteiger partial charge in [-0.1, -0.05) is 15.9 Å². The number of nitro benzene ring substituents is 1. The Labute approximate surface area is 122 Å². The summed E-state index contributed by atoms with van der Waals surface area (Å²) in [6.45, 7) is 0. The quantitative estimate of drug-likeness (QED) is 0.385. The van der Waals surface area contributed by atoms with Gasteiger partial charge in [0.15, 0.2) is 0 Å². The summed E-state index contributed by atoms with van der Waals surface area (Å²) < 4.78 is 6.01. The van der Waals surface area contributed by atoms with Gasteiger partial charge < -0.3 is 10.5 Å². The first-order valence-electron chi connectivity index (χ1n) is 5.39. The van der Waals surface area contributed by atoms with E-state index in [1.807, 2.05) is 0 Å². The highest BCUT2D eigenvalue weighted by Gasteiger charge is 2.16. The number of aromatic nitrogens is 1. The molecule has 20 heavy (non-hydrogen) atoms. The van der Waals surface area contributed by atoms with E-state index in [0.717, 1.165) is 0 Å². The van der Waals surface area contributed by atoms with Crippen LogP contribution in [-0.2, 0) is 0 Å². The van der Waals surface area contributed by atoms with Gasteiger partial charge >= 0.3 is 5.69 Å². The molecule has 0 bridgehead atoms. The van der Waals surface area contributed by atoms with Crippen molar-refractivity contribution in [3.8, 4) is 11.5 Å². The molecule has 0 atom stereocenters. The Hall–Kier alpha value is -2.48. The number of pyridine rings is 1. The molecule has 3 N–H and O–H groups in total. The molecule has 0 aliphatic rings. The normalized spacial score (nSPS) is 10.1. The van der Waals surface area contributed by atoms with Crippen molar-refractivity contribution in [2.45, 2.75) is 0 Å². The maximum atomic E-state index is 11.0. The third-order valence-electron chi connectivity index (χ3n) is 2.36. The number of nitrogens with one attached hydrogen (secondary N) is 1. The Kier molecular flexibility index (Phi) is 3.94. The fourth-order valence-electron chi connectivity index (χ4n) is 1.45. The minimum atomic E-state index is -0.530. The number of hydrogen-bond donors (Lipinski definition) is 2. The summed E-state index contributed by atoms with van der Waals surface area (Å²) in [6.07, 6.45) is 1.35. The maximum Gasteiger partial charge on any atom is 0.312 e. The van der Waals surface area contributed by atoms with E-state index in [-0.39, 0.29) is 17.3 Å². The number of halogens is 1. The lowest BCUT2D eigenvalue weighted by atomic mass is 10.3. The van der Waals surface area contributed by atoms with Gasteiger partial charge in [-0.2, -0.15) is 0 Å². The standard InChI is InChI=1S/C12H9BrN4O3/c13-7-1-4-11(10(5-7)17(18)19)20-8-2-3-9(12(14)15)16-6-8/h1-6H,(H3,14,15). The fraction of sp³-hybridized carbons (Fsp3) is 0. The number of ether oxygens (including phenoxy) is 1. The Bertz CT molecular complexity index is 673. The van der Waals surface area contributed by atoms with Crippen LogP contribution in [0.4, 0.5) is 5.69 Å². The number of nitro groups is 1. The van der Waals surface area contributed by atoms with Crippen molar-refractivity contribution in [3.05, 3.63) is 56.8 Å². The molecule has 1 heterocycles. The van der Waals surface area contributed by atoms with E-state index in [2.05, 4.69) is 20.9 Å². The van der Waals surface area contributed by atoms with Gasteiger partial charge in [-0.05, 0) is 24.3 Å². The summed E-state index contributed by atoms with van der Waals surface area (Å²) in [5, 5.41) is 18.2. The highest BCUT2D eigenvalue weighted by molar-refractivity contribution is 9.10. The Balaban J connectivity index is 2.30. The van der Waals surface area contributed by atoms with Crippen molar-refractivity contribution in [1.29, 1.82) is 5.41 Å². The second kappa shape index (κ2) is 5.66. The molecule has 0 aliphatic heterocycles. The van der Waals surface area contributed by atoms with Gasteiger partial charge in [0.05, 0.1) is 11.1 Å². The van der Waals surface area contributed by atoms with Gasteiger partial charge in [-0.25, -0.2) is 4.98 Å². The Morgan fingerprint density at radius 2 is 2.15 bits per heavy atom. The average molecular weight is 337 g/mol. The van der Waals surface area contributed by atoms with Crippen molar-refractivity contribution in [2.24, 2.45) is 5.73 Å². The summed E-state index contributed by atoms with van der Waals surface area (Å²) in [4.78, 5) is 14.3. The molecule has 0 amide bonds. The van der Waals surface area contributed by atoms with Crippen LogP contribution in [0.25, 0.3) is 0 Å². The minimum Gasteiger partial charge on any atom is -0.449 e. The molecule has 0 aliphatic carbocycles. The summed E-state index contributed by atoms with van der Waals surface area (Å²) in [7, 11) is 0. The van der Waals surface area contributed by atoms with E-state index in [9.17, 15) is 10.1 Å². The molecule has 1 aromatic carbocycles. The number of rotatable bonds is 4. The van der Waals surface area contributed by atoms with Crippen molar-refractivity contribution in [3.63, 3.8) is 0 Å². The fourth-order valence-corrected chi connectivity index (χ4v) is 1.80. The van der Waals surface area contributed by atoms with Gasteiger partial charge in [0.25, 0.3) is 0 Å². The summed E-state index contributed by atoms with van der Waals surface area (Å²) in [6, 6.07) is 7.52. The molecule has 0 fully saturated rings. The lowest BCUT2D eigenvalue weighted by molar-refractivity contribution is -0.385. The topological polar surface area (TPSA) is 115 Å². The van der Waals surface area contributed by atoms with Crippen LogP contribution in [0.3, 0.4) is 0 Å². The first kappa shape index (κ1) is 13.9. The molecule has 0 radical (unpaired) electrons. The van der Waals surface area contributed by atoms with E-state index in [1.165, 1.54) is 30.5 Å². The number of nitrogens with zero attached hydrogens (tertiary/aromatic N) is 2. The van der Waals surface area contributed by atoms with Crippen LogP contribution >= 0.6 is 15.9 Å². The molecule has 1 aromatic heterocycles. The summed E-state index contributed by atoms with van der Waals surface area (Å²) >= 11 is 3.17. The van der Waals surface area contributed by atoms with Crippen molar-refractivity contribution in [1.82, 2.24) is 4.98 Å². The molecule has 0 unspecified atom stereocenters. The molecule has 2 rings (SSSR count). The first-order chi connectivity index (χ1) is 9.47. The molecule has 0 spiro atoms. The van der Waals surface area contributed by atoms with Crippen LogP contribution in [-0.4, -0.2) is 15.7 Å². The third kappa shape index (κ3) is 3.09. The molecule has 2 aromatic rings. The highest BCUT2D eigenvalue weighted by atomic mass is 79.9. The second-order valence-electron chi connectivity index (χ2n) is 3.76. The maximum absolute atomic E-state index is 11.0. The number of benzene rings is 1. The molecular weight excluding hydrogens is 328 g/mol. The largest absolute Gasteiger partial charge is 0.449 e. The van der Waals surface area contributed by atoms with Crippen molar-refractivity contribution >= 4 is 27.5 Å². The molecule has 7 nitrogen and oxygen atoms in total. The zero-order valence-corrected chi connectivity index (χ0v) is 11.6. The molecule has 0 saturated heterocycles. The predicted molar refractivity (Wildman–Crippen MR) is 76.1 cm³/mol. The van der Waals surface area contributed by atoms with Crippen LogP contribution in [0.15, 0.2) is 41.0 Å². The third-order valence-corrected chi connectivity index (χ3v) is 2.85. The van der Waals surface area contributed by atoms with E-state index in [1.54, 1.807) is 6.07 Å². The number of nitrogen functional groups attached to an aromatic ring is 1. The number of nitrogens with two attached hydrogens (primary N) is 1. The number of amidine groups is 1. The summed E-state index contributed by atoms with van der Waals surface area (Å²) in [5.41, 5.74) is 5.43. The zero-order valence-electron chi connectivity index (χ0n) is 10.0. The lowest BCUT2D eigenvalue weighted by Crippen LogP contribution is -2.12.